The van der Waals surface area contributed by atoms with Gasteiger partial charge in [-0.2, -0.15) is 0 Å². The number of nitrogens with one attached hydrogen (secondary N) is 1. The lowest BCUT2D eigenvalue weighted by Gasteiger charge is -2.21. The fraction of sp³-hybridized carbons (Fsp3) is 0.368. The zero-order chi connectivity index (χ0) is 16.7. The molecule has 0 saturated carbocycles. The maximum absolute atomic E-state index is 13.3. The number of hydrogen-bond donors (Lipinski definition) is 1. The molecule has 0 amide bonds. The molecule has 1 saturated heterocycles. The number of aromatic nitrogens is 2. The fourth-order valence-corrected chi connectivity index (χ4v) is 3.81. The topological polar surface area (TPSA) is 46.9 Å². The van der Waals surface area contributed by atoms with E-state index in [9.17, 15) is 4.79 Å². The zero-order valence-electron chi connectivity index (χ0n) is 13.6. The van der Waals surface area contributed by atoms with Crippen molar-refractivity contribution in [2.75, 3.05) is 6.54 Å². The number of hydrogen-bond acceptors (Lipinski definition) is 3. The molecular formula is C19H20ClN3O. The Bertz CT molecular complexity index is 907. The van der Waals surface area contributed by atoms with E-state index >= 15 is 0 Å². The van der Waals surface area contributed by atoms with E-state index in [0.717, 1.165) is 37.3 Å². The van der Waals surface area contributed by atoms with Crippen molar-refractivity contribution < 1.29 is 0 Å². The van der Waals surface area contributed by atoms with E-state index in [2.05, 4.69) is 24.4 Å². The minimum Gasteiger partial charge on any atom is -0.307 e. The van der Waals surface area contributed by atoms with Crippen LogP contribution in [0.5, 0.6) is 0 Å². The summed E-state index contributed by atoms with van der Waals surface area (Å²) >= 11 is 6.31. The molecule has 2 aromatic rings. The van der Waals surface area contributed by atoms with Gasteiger partial charge in [0.1, 0.15) is 5.82 Å². The maximum Gasteiger partial charge on any atom is 0.267 e. The predicted molar refractivity (Wildman–Crippen MR) is 98.2 cm³/mol. The first-order chi connectivity index (χ1) is 11.6. The summed E-state index contributed by atoms with van der Waals surface area (Å²) in [7, 11) is 0. The molecule has 124 valence electrons. The molecule has 0 bridgehead atoms. The molecule has 0 spiro atoms. The summed E-state index contributed by atoms with van der Waals surface area (Å²) in [5.74, 6) is 1.19. The van der Waals surface area contributed by atoms with Crippen LogP contribution in [0.2, 0.25) is 5.02 Å². The smallest absolute Gasteiger partial charge is 0.267 e. The van der Waals surface area contributed by atoms with Crippen molar-refractivity contribution in [1.29, 1.82) is 0 Å². The van der Waals surface area contributed by atoms with Crippen molar-refractivity contribution >= 4 is 28.2 Å². The van der Waals surface area contributed by atoms with Gasteiger partial charge in [0.2, 0.25) is 0 Å². The normalized spacial score (nSPS) is 23.7. The average Bonchev–Trinajstić information content (AvgIpc) is 3.09. The largest absolute Gasteiger partial charge is 0.307 e. The minimum atomic E-state index is -0.0840. The van der Waals surface area contributed by atoms with Crippen LogP contribution >= 0.6 is 11.6 Å². The molecule has 1 aromatic carbocycles. The molecule has 4 nitrogen and oxygen atoms in total. The van der Waals surface area contributed by atoms with Gasteiger partial charge >= 0.3 is 0 Å². The number of halogens is 1. The second-order valence-corrected chi connectivity index (χ2v) is 7.01. The molecule has 0 radical (unpaired) electrons. The van der Waals surface area contributed by atoms with Gasteiger partial charge in [0.25, 0.3) is 5.56 Å². The second kappa shape index (κ2) is 6.19. The fourth-order valence-electron chi connectivity index (χ4n) is 3.56. The van der Waals surface area contributed by atoms with Crippen molar-refractivity contribution in [2.45, 2.75) is 32.2 Å². The van der Waals surface area contributed by atoms with E-state index in [4.69, 9.17) is 16.6 Å². The first-order valence-corrected chi connectivity index (χ1v) is 8.86. The third-order valence-electron chi connectivity index (χ3n) is 4.75. The van der Waals surface area contributed by atoms with Crippen LogP contribution in [0.25, 0.3) is 16.6 Å². The third-order valence-corrected chi connectivity index (χ3v) is 5.07. The van der Waals surface area contributed by atoms with Gasteiger partial charge in [-0.05, 0) is 49.9 Å². The van der Waals surface area contributed by atoms with Gasteiger partial charge < -0.3 is 5.32 Å². The molecule has 1 fully saturated rings. The Morgan fingerprint density at radius 2 is 2.25 bits per heavy atom. The van der Waals surface area contributed by atoms with Gasteiger partial charge in [-0.15, -0.1) is 0 Å². The van der Waals surface area contributed by atoms with Crippen LogP contribution in [0.15, 0.2) is 41.2 Å². The molecule has 2 heterocycles. The second-order valence-electron chi connectivity index (χ2n) is 6.60. The average molecular weight is 342 g/mol. The van der Waals surface area contributed by atoms with E-state index < -0.39 is 0 Å². The standard InChI is InChI=1S/C19H20ClN3O/c1-12-5-2-6-13(11-12)23-18(16-9-4-10-21-16)22-15-8-3-7-14(20)17(15)19(23)24/h2-3,6-8,11-12,16,21H,4-5,9-10H2,1H3. The first-order valence-electron chi connectivity index (χ1n) is 8.48. The van der Waals surface area contributed by atoms with Crippen LogP contribution in [-0.2, 0) is 0 Å². The van der Waals surface area contributed by atoms with E-state index in [1.165, 1.54) is 0 Å². The van der Waals surface area contributed by atoms with Crippen molar-refractivity contribution in [3.8, 4) is 0 Å². The molecule has 1 N–H and O–H groups in total. The Labute approximate surface area is 145 Å². The predicted octanol–water partition coefficient (Wildman–Crippen LogP) is 3.91. The Morgan fingerprint density at radius 1 is 1.38 bits per heavy atom. The van der Waals surface area contributed by atoms with Crippen LogP contribution in [0.1, 0.15) is 38.1 Å². The summed E-state index contributed by atoms with van der Waals surface area (Å²) in [6, 6.07) is 5.56. The number of rotatable bonds is 2. The van der Waals surface area contributed by atoms with E-state index in [1.54, 1.807) is 10.6 Å². The van der Waals surface area contributed by atoms with Crippen molar-refractivity contribution in [1.82, 2.24) is 14.9 Å². The summed E-state index contributed by atoms with van der Waals surface area (Å²) in [6.07, 6.45) is 9.37. The van der Waals surface area contributed by atoms with Gasteiger partial charge in [-0.3, -0.25) is 9.36 Å². The highest BCUT2D eigenvalue weighted by atomic mass is 35.5. The SMILES string of the molecule is CC1C=C(n2c(C3CCCN3)nc3cccc(Cl)c3c2=O)C=CC1. The highest BCUT2D eigenvalue weighted by molar-refractivity contribution is 6.35. The molecule has 24 heavy (non-hydrogen) atoms. The zero-order valence-corrected chi connectivity index (χ0v) is 14.4. The highest BCUT2D eigenvalue weighted by Gasteiger charge is 2.25. The molecule has 2 aliphatic rings. The molecule has 2 atom stereocenters. The van der Waals surface area contributed by atoms with Gasteiger partial charge in [0, 0.05) is 5.70 Å². The van der Waals surface area contributed by atoms with Crippen LogP contribution in [0.4, 0.5) is 0 Å². The molecule has 1 aliphatic heterocycles. The number of allylic oxidation sites excluding steroid dienone is 4. The van der Waals surface area contributed by atoms with Gasteiger partial charge in [-0.1, -0.05) is 36.7 Å². The lowest BCUT2D eigenvalue weighted by Crippen LogP contribution is -2.29. The van der Waals surface area contributed by atoms with Crippen molar-refractivity contribution in [3.63, 3.8) is 0 Å². The first kappa shape index (κ1) is 15.6. The molecule has 1 aromatic heterocycles. The maximum atomic E-state index is 13.3. The lowest BCUT2D eigenvalue weighted by atomic mass is 10.0. The third kappa shape index (κ3) is 2.60. The summed E-state index contributed by atoms with van der Waals surface area (Å²) in [4.78, 5) is 18.1. The number of fused-ring (bicyclic) bond motifs is 1. The lowest BCUT2D eigenvalue weighted by molar-refractivity contribution is 0.585. The van der Waals surface area contributed by atoms with Crippen LogP contribution < -0.4 is 10.9 Å². The van der Waals surface area contributed by atoms with Crippen LogP contribution in [-0.4, -0.2) is 16.1 Å². The summed E-state index contributed by atoms with van der Waals surface area (Å²) in [6.45, 7) is 3.11. The van der Waals surface area contributed by atoms with Crippen molar-refractivity contribution in [2.24, 2.45) is 5.92 Å². The molecular weight excluding hydrogens is 322 g/mol. The summed E-state index contributed by atoms with van der Waals surface area (Å²) < 4.78 is 1.75. The highest BCUT2D eigenvalue weighted by Crippen LogP contribution is 2.28. The van der Waals surface area contributed by atoms with Crippen LogP contribution in [0, 0.1) is 5.92 Å². The van der Waals surface area contributed by atoms with Gasteiger partial charge in [0.05, 0.1) is 22.0 Å². The molecule has 1 aliphatic carbocycles. The van der Waals surface area contributed by atoms with Gasteiger partial charge in [-0.25, -0.2) is 4.98 Å². The van der Waals surface area contributed by atoms with E-state index in [0.29, 0.717) is 21.8 Å². The van der Waals surface area contributed by atoms with Gasteiger partial charge in [0.15, 0.2) is 0 Å². The number of benzene rings is 1. The Morgan fingerprint density at radius 3 is 3.00 bits per heavy atom. The van der Waals surface area contributed by atoms with Crippen LogP contribution in [0.3, 0.4) is 0 Å². The Hall–Kier alpha value is -1.91. The van der Waals surface area contributed by atoms with Crippen molar-refractivity contribution in [3.05, 3.63) is 57.6 Å². The molecule has 5 heteroatoms. The number of nitrogens with zero attached hydrogens (tertiary/aromatic N) is 2. The summed E-state index contributed by atoms with van der Waals surface area (Å²) in [5.41, 5.74) is 1.48. The Balaban J connectivity index is 2.03. The monoisotopic (exact) mass is 341 g/mol. The summed E-state index contributed by atoms with van der Waals surface area (Å²) in [5, 5.41) is 4.41. The molecule has 2 unspecified atom stereocenters. The quantitative estimate of drug-likeness (QED) is 0.900. The molecule has 4 rings (SSSR count). The Kier molecular flexibility index (Phi) is 4.02. The minimum absolute atomic E-state index is 0.0840. The van der Waals surface area contributed by atoms with E-state index in [-0.39, 0.29) is 11.6 Å². The van der Waals surface area contributed by atoms with E-state index in [1.807, 2.05) is 18.2 Å².